The molecule has 0 aromatic carbocycles. The molecular weight excluding hydrogens is 160 g/mol. The van der Waals surface area contributed by atoms with Gasteiger partial charge in [-0.25, -0.2) is 0 Å². The maximum atomic E-state index is 9.66. The number of hydrogen-bond donors (Lipinski definition) is 1. The van der Waals surface area contributed by atoms with Gasteiger partial charge in [0.15, 0.2) is 0 Å². The Kier molecular flexibility index (Phi) is 3.39. The van der Waals surface area contributed by atoms with Crippen LogP contribution in [-0.4, -0.2) is 11.2 Å². The summed E-state index contributed by atoms with van der Waals surface area (Å²) in [5.74, 6) is 1.42. The van der Waals surface area contributed by atoms with Crippen molar-refractivity contribution < 1.29 is 5.11 Å². The lowest BCUT2D eigenvalue weighted by Gasteiger charge is -2.45. The maximum absolute atomic E-state index is 9.66. The first-order valence-corrected chi connectivity index (χ1v) is 5.67. The molecule has 0 spiro atoms. The Morgan fingerprint density at radius 3 is 2.54 bits per heavy atom. The van der Waals surface area contributed by atoms with Crippen LogP contribution in [0.4, 0.5) is 0 Å². The molecule has 3 atom stereocenters. The van der Waals surface area contributed by atoms with Crippen molar-refractivity contribution in [2.75, 3.05) is 0 Å². The Hall–Kier alpha value is -0.0400. The van der Waals surface area contributed by atoms with Gasteiger partial charge in [0.1, 0.15) is 0 Å². The summed E-state index contributed by atoms with van der Waals surface area (Å²) in [6.07, 6.45) is 4.44. The molecule has 0 amide bonds. The molecular formula is C12H24O. The van der Waals surface area contributed by atoms with Gasteiger partial charge in [0.25, 0.3) is 0 Å². The Bertz CT molecular complexity index is 165. The van der Waals surface area contributed by atoms with Gasteiger partial charge in [0.2, 0.25) is 0 Å². The summed E-state index contributed by atoms with van der Waals surface area (Å²) in [5.41, 5.74) is 0.480. The van der Waals surface area contributed by atoms with Crippen LogP contribution >= 0.6 is 0 Å². The normalized spacial score (nSPS) is 41.1. The zero-order chi connectivity index (χ0) is 10.1. The van der Waals surface area contributed by atoms with E-state index in [0.29, 0.717) is 17.3 Å². The minimum absolute atomic E-state index is 0.0352. The third-order valence-corrected chi connectivity index (χ3v) is 4.08. The van der Waals surface area contributed by atoms with Crippen LogP contribution in [0.15, 0.2) is 0 Å². The lowest BCUT2D eigenvalue weighted by Crippen LogP contribution is -2.38. The predicted molar refractivity (Wildman–Crippen MR) is 56.6 cm³/mol. The second-order valence-electron chi connectivity index (χ2n) is 5.29. The maximum Gasteiger partial charge on any atom is 0.0543 e. The van der Waals surface area contributed by atoms with Gasteiger partial charge in [-0.3, -0.25) is 0 Å². The molecule has 0 saturated heterocycles. The van der Waals surface area contributed by atoms with Crippen molar-refractivity contribution in [3.8, 4) is 0 Å². The smallest absolute Gasteiger partial charge is 0.0543 e. The molecule has 13 heavy (non-hydrogen) atoms. The first kappa shape index (κ1) is 11.0. The molecule has 78 valence electrons. The van der Waals surface area contributed by atoms with Crippen molar-refractivity contribution in [2.45, 2.75) is 59.5 Å². The van der Waals surface area contributed by atoms with Crippen LogP contribution in [0, 0.1) is 17.3 Å². The SMILES string of the molecule is CC[C@@]1(C)CC[C@H](O)C[C@@H]1C(C)C. The molecule has 0 heterocycles. The second-order valence-corrected chi connectivity index (χ2v) is 5.29. The molecule has 1 aliphatic carbocycles. The van der Waals surface area contributed by atoms with E-state index in [1.54, 1.807) is 0 Å². The number of aliphatic hydroxyl groups is 1. The average Bonchev–Trinajstić information content (AvgIpc) is 2.09. The molecule has 0 aromatic heterocycles. The van der Waals surface area contributed by atoms with Gasteiger partial charge in [0.05, 0.1) is 6.10 Å². The molecule has 1 saturated carbocycles. The molecule has 0 unspecified atom stereocenters. The summed E-state index contributed by atoms with van der Waals surface area (Å²) in [6.45, 7) is 9.25. The Balaban J connectivity index is 2.72. The largest absolute Gasteiger partial charge is 0.393 e. The summed E-state index contributed by atoms with van der Waals surface area (Å²) < 4.78 is 0. The quantitative estimate of drug-likeness (QED) is 0.698. The van der Waals surface area contributed by atoms with E-state index in [2.05, 4.69) is 27.7 Å². The van der Waals surface area contributed by atoms with E-state index >= 15 is 0 Å². The topological polar surface area (TPSA) is 20.2 Å². The van der Waals surface area contributed by atoms with E-state index in [-0.39, 0.29) is 6.10 Å². The highest BCUT2D eigenvalue weighted by molar-refractivity contribution is 4.89. The lowest BCUT2D eigenvalue weighted by atomic mass is 9.61. The van der Waals surface area contributed by atoms with Crippen LogP contribution in [0.25, 0.3) is 0 Å². The summed E-state index contributed by atoms with van der Waals surface area (Å²) in [5, 5.41) is 9.66. The van der Waals surface area contributed by atoms with E-state index < -0.39 is 0 Å². The van der Waals surface area contributed by atoms with Crippen molar-refractivity contribution in [1.29, 1.82) is 0 Å². The number of rotatable bonds is 2. The van der Waals surface area contributed by atoms with Crippen LogP contribution in [0.3, 0.4) is 0 Å². The van der Waals surface area contributed by atoms with Crippen molar-refractivity contribution in [2.24, 2.45) is 17.3 Å². The molecule has 0 aromatic rings. The number of aliphatic hydroxyl groups excluding tert-OH is 1. The zero-order valence-corrected chi connectivity index (χ0v) is 9.51. The molecule has 0 aliphatic heterocycles. The molecule has 0 radical (unpaired) electrons. The standard InChI is InChI=1S/C12H24O/c1-5-12(4)7-6-10(13)8-11(12)9(2)3/h9-11,13H,5-8H2,1-4H3/t10-,11+,12-/m0/s1. The van der Waals surface area contributed by atoms with E-state index in [0.717, 1.165) is 12.8 Å². The molecule has 1 nitrogen and oxygen atoms in total. The van der Waals surface area contributed by atoms with E-state index in [9.17, 15) is 5.11 Å². The van der Waals surface area contributed by atoms with Crippen LogP contribution in [-0.2, 0) is 0 Å². The van der Waals surface area contributed by atoms with E-state index in [1.807, 2.05) is 0 Å². The lowest BCUT2D eigenvalue weighted by molar-refractivity contribution is -0.00547. The molecule has 0 bridgehead atoms. The van der Waals surface area contributed by atoms with Crippen molar-refractivity contribution in [3.05, 3.63) is 0 Å². The fourth-order valence-electron chi connectivity index (χ4n) is 2.89. The molecule has 1 fully saturated rings. The van der Waals surface area contributed by atoms with Crippen LogP contribution < -0.4 is 0 Å². The molecule has 1 N–H and O–H groups in total. The Morgan fingerprint density at radius 1 is 1.46 bits per heavy atom. The third-order valence-electron chi connectivity index (χ3n) is 4.08. The van der Waals surface area contributed by atoms with Crippen molar-refractivity contribution in [1.82, 2.24) is 0 Å². The fraction of sp³-hybridized carbons (Fsp3) is 1.00. The highest BCUT2D eigenvalue weighted by atomic mass is 16.3. The van der Waals surface area contributed by atoms with Gasteiger partial charge in [-0.05, 0) is 36.5 Å². The van der Waals surface area contributed by atoms with Gasteiger partial charge in [-0.15, -0.1) is 0 Å². The van der Waals surface area contributed by atoms with Crippen molar-refractivity contribution in [3.63, 3.8) is 0 Å². The molecule has 1 rings (SSSR count). The van der Waals surface area contributed by atoms with E-state index in [1.165, 1.54) is 12.8 Å². The summed E-state index contributed by atoms with van der Waals surface area (Å²) >= 11 is 0. The molecule has 1 heteroatoms. The van der Waals surface area contributed by atoms with Crippen LogP contribution in [0.1, 0.15) is 53.4 Å². The predicted octanol–water partition coefficient (Wildman–Crippen LogP) is 3.22. The van der Waals surface area contributed by atoms with Gasteiger partial charge >= 0.3 is 0 Å². The summed E-state index contributed by atoms with van der Waals surface area (Å²) in [7, 11) is 0. The zero-order valence-electron chi connectivity index (χ0n) is 9.51. The van der Waals surface area contributed by atoms with Gasteiger partial charge in [-0.1, -0.05) is 34.1 Å². The monoisotopic (exact) mass is 184 g/mol. The molecule has 1 aliphatic rings. The number of hydrogen-bond acceptors (Lipinski definition) is 1. The fourth-order valence-corrected chi connectivity index (χ4v) is 2.89. The Labute approximate surface area is 82.5 Å². The van der Waals surface area contributed by atoms with Gasteiger partial charge < -0.3 is 5.11 Å². The Morgan fingerprint density at radius 2 is 2.08 bits per heavy atom. The first-order chi connectivity index (χ1) is 5.99. The van der Waals surface area contributed by atoms with Gasteiger partial charge in [0, 0.05) is 0 Å². The second kappa shape index (κ2) is 4.00. The summed E-state index contributed by atoms with van der Waals surface area (Å²) in [4.78, 5) is 0. The third kappa shape index (κ3) is 2.25. The van der Waals surface area contributed by atoms with Crippen LogP contribution in [0.5, 0.6) is 0 Å². The minimum atomic E-state index is -0.0352. The summed E-state index contributed by atoms with van der Waals surface area (Å²) in [6, 6.07) is 0. The first-order valence-electron chi connectivity index (χ1n) is 5.67. The highest BCUT2D eigenvalue weighted by Gasteiger charge is 2.39. The average molecular weight is 184 g/mol. The van der Waals surface area contributed by atoms with Crippen molar-refractivity contribution >= 4 is 0 Å². The van der Waals surface area contributed by atoms with Crippen LogP contribution in [0.2, 0.25) is 0 Å². The highest BCUT2D eigenvalue weighted by Crippen LogP contribution is 2.46. The van der Waals surface area contributed by atoms with Gasteiger partial charge in [-0.2, -0.15) is 0 Å². The van der Waals surface area contributed by atoms with E-state index in [4.69, 9.17) is 0 Å². The minimum Gasteiger partial charge on any atom is -0.393 e.